The van der Waals surface area contributed by atoms with Crippen molar-refractivity contribution in [3.8, 4) is 0 Å². The summed E-state index contributed by atoms with van der Waals surface area (Å²) in [6.45, 7) is -0.0471. The maximum Gasteiger partial charge on any atom is 0.251 e. The van der Waals surface area contributed by atoms with Gasteiger partial charge in [0.1, 0.15) is 0 Å². The number of halogens is 1. The fourth-order valence-electron chi connectivity index (χ4n) is 2.29. The zero-order chi connectivity index (χ0) is 13.1. The predicted octanol–water partition coefficient (Wildman–Crippen LogP) is 1.20. The zero-order valence-corrected chi connectivity index (χ0v) is 10.6. The monoisotopic (exact) mass is 269 g/mol. The van der Waals surface area contributed by atoms with Gasteiger partial charge in [-0.15, -0.1) is 0 Å². The molecular formula is C13H16ClNO3. The van der Waals surface area contributed by atoms with Gasteiger partial charge in [0.2, 0.25) is 0 Å². The van der Waals surface area contributed by atoms with E-state index >= 15 is 0 Å². The number of amides is 1. The Bertz CT molecular complexity index is 421. The Morgan fingerprint density at radius 3 is 2.56 bits per heavy atom. The third kappa shape index (κ3) is 3.02. The van der Waals surface area contributed by atoms with Gasteiger partial charge in [-0.1, -0.05) is 11.6 Å². The van der Waals surface area contributed by atoms with Crippen LogP contribution in [0.5, 0.6) is 0 Å². The van der Waals surface area contributed by atoms with Crippen LogP contribution in [0.3, 0.4) is 0 Å². The minimum absolute atomic E-state index is 0.0471. The Labute approximate surface area is 111 Å². The summed E-state index contributed by atoms with van der Waals surface area (Å²) in [5.74, 6) is -0.317. The average Bonchev–Trinajstić information content (AvgIpc) is 2.70. The lowest BCUT2D eigenvalue weighted by Gasteiger charge is -2.12. The molecule has 1 aromatic carbocycles. The topological polar surface area (TPSA) is 69.6 Å². The third-order valence-corrected chi connectivity index (χ3v) is 3.59. The Morgan fingerprint density at radius 1 is 1.33 bits per heavy atom. The second kappa shape index (κ2) is 5.69. The van der Waals surface area contributed by atoms with Crippen molar-refractivity contribution >= 4 is 17.5 Å². The Kier molecular flexibility index (Phi) is 4.22. The molecule has 0 bridgehead atoms. The van der Waals surface area contributed by atoms with Gasteiger partial charge in [0, 0.05) is 29.2 Å². The molecule has 0 aromatic heterocycles. The molecule has 1 saturated carbocycles. The first-order valence-electron chi connectivity index (χ1n) is 5.95. The van der Waals surface area contributed by atoms with Crippen LogP contribution in [-0.4, -0.2) is 34.9 Å². The first kappa shape index (κ1) is 13.3. The van der Waals surface area contributed by atoms with Gasteiger partial charge in [-0.05, 0) is 37.1 Å². The summed E-state index contributed by atoms with van der Waals surface area (Å²) in [5.41, 5.74) is 0.543. The summed E-state index contributed by atoms with van der Waals surface area (Å²) in [6.07, 6.45) is 0.562. The summed E-state index contributed by atoms with van der Waals surface area (Å²) < 4.78 is 0. The number of rotatable bonds is 3. The second-order valence-electron chi connectivity index (χ2n) is 4.66. The van der Waals surface area contributed by atoms with Gasteiger partial charge in [-0.2, -0.15) is 0 Å². The highest BCUT2D eigenvalue weighted by Crippen LogP contribution is 2.25. The van der Waals surface area contributed by atoms with Gasteiger partial charge in [0.25, 0.3) is 5.91 Å². The highest BCUT2D eigenvalue weighted by atomic mass is 35.5. The number of aliphatic hydroxyl groups excluding tert-OH is 2. The summed E-state index contributed by atoms with van der Waals surface area (Å²) >= 11 is 5.75. The van der Waals surface area contributed by atoms with Crippen molar-refractivity contribution < 1.29 is 15.0 Å². The Hall–Kier alpha value is -1.10. The molecule has 0 heterocycles. The standard InChI is InChI=1S/C13H16ClNO3/c14-10-3-1-8(2-4-10)13(18)15-11-5-9(7-16)12(17)6-11/h1-4,9,11-12,16-17H,5-7H2,(H,15,18)/t9-,11+,12+/m0/s1. The lowest BCUT2D eigenvalue weighted by atomic mass is 10.1. The molecule has 1 fully saturated rings. The molecular weight excluding hydrogens is 254 g/mol. The molecule has 0 saturated heterocycles. The molecule has 1 aromatic rings. The number of carbonyl (C=O) groups excluding carboxylic acids is 1. The van der Waals surface area contributed by atoms with Crippen molar-refractivity contribution in [3.05, 3.63) is 34.9 Å². The number of hydrogen-bond acceptors (Lipinski definition) is 3. The maximum atomic E-state index is 11.9. The van der Waals surface area contributed by atoms with E-state index in [4.69, 9.17) is 16.7 Å². The molecule has 98 valence electrons. The van der Waals surface area contributed by atoms with Crippen molar-refractivity contribution in [2.24, 2.45) is 5.92 Å². The highest BCUT2D eigenvalue weighted by molar-refractivity contribution is 6.30. The minimum atomic E-state index is -0.537. The van der Waals surface area contributed by atoms with Crippen molar-refractivity contribution in [3.63, 3.8) is 0 Å². The molecule has 2 rings (SSSR count). The van der Waals surface area contributed by atoms with Crippen LogP contribution in [-0.2, 0) is 0 Å². The van der Waals surface area contributed by atoms with E-state index in [0.717, 1.165) is 0 Å². The number of benzene rings is 1. The summed E-state index contributed by atoms with van der Waals surface area (Å²) in [4.78, 5) is 11.9. The Balaban J connectivity index is 1.94. The zero-order valence-electron chi connectivity index (χ0n) is 9.84. The van der Waals surface area contributed by atoms with Crippen molar-refractivity contribution in [1.82, 2.24) is 5.32 Å². The summed E-state index contributed by atoms with van der Waals surface area (Å²) in [7, 11) is 0. The van der Waals surface area contributed by atoms with E-state index in [1.54, 1.807) is 24.3 Å². The summed E-state index contributed by atoms with van der Waals surface area (Å²) in [5, 5.41) is 22.1. The molecule has 0 aliphatic heterocycles. The fourth-order valence-corrected chi connectivity index (χ4v) is 2.41. The van der Waals surface area contributed by atoms with Crippen LogP contribution in [0.25, 0.3) is 0 Å². The van der Waals surface area contributed by atoms with Crippen molar-refractivity contribution in [2.75, 3.05) is 6.61 Å². The van der Waals surface area contributed by atoms with Gasteiger partial charge in [0.05, 0.1) is 6.10 Å². The number of nitrogens with one attached hydrogen (secondary N) is 1. The quantitative estimate of drug-likeness (QED) is 0.772. The van der Waals surface area contributed by atoms with Crippen LogP contribution >= 0.6 is 11.6 Å². The molecule has 0 spiro atoms. The SMILES string of the molecule is O=C(N[C@@H]1C[C@@H](CO)[C@H](O)C1)c1ccc(Cl)cc1. The second-order valence-corrected chi connectivity index (χ2v) is 5.10. The largest absolute Gasteiger partial charge is 0.396 e. The van der Waals surface area contributed by atoms with E-state index in [0.29, 0.717) is 23.4 Å². The molecule has 0 radical (unpaired) electrons. The van der Waals surface area contributed by atoms with E-state index in [2.05, 4.69) is 5.32 Å². The lowest BCUT2D eigenvalue weighted by molar-refractivity contribution is 0.0903. The van der Waals surface area contributed by atoms with Crippen LogP contribution in [0.2, 0.25) is 5.02 Å². The third-order valence-electron chi connectivity index (χ3n) is 3.33. The van der Waals surface area contributed by atoms with Gasteiger partial charge in [-0.3, -0.25) is 4.79 Å². The van der Waals surface area contributed by atoms with Gasteiger partial charge in [0.15, 0.2) is 0 Å². The van der Waals surface area contributed by atoms with Crippen LogP contribution < -0.4 is 5.32 Å². The van der Waals surface area contributed by atoms with E-state index in [1.807, 2.05) is 0 Å². The summed E-state index contributed by atoms with van der Waals surface area (Å²) in [6, 6.07) is 6.56. The first-order valence-corrected chi connectivity index (χ1v) is 6.33. The lowest BCUT2D eigenvalue weighted by Crippen LogP contribution is -2.33. The number of aliphatic hydroxyl groups is 2. The molecule has 18 heavy (non-hydrogen) atoms. The van der Waals surface area contributed by atoms with Crippen LogP contribution in [0.4, 0.5) is 0 Å². The number of carbonyl (C=O) groups is 1. The molecule has 1 amide bonds. The normalized spacial score (nSPS) is 27.2. The van der Waals surface area contributed by atoms with Crippen molar-refractivity contribution in [1.29, 1.82) is 0 Å². The maximum absolute atomic E-state index is 11.9. The minimum Gasteiger partial charge on any atom is -0.396 e. The molecule has 0 unspecified atom stereocenters. The molecule has 5 heteroatoms. The Morgan fingerprint density at radius 2 is 2.00 bits per heavy atom. The van der Waals surface area contributed by atoms with Crippen molar-refractivity contribution in [2.45, 2.75) is 25.0 Å². The molecule has 3 atom stereocenters. The molecule has 4 nitrogen and oxygen atoms in total. The van der Waals surface area contributed by atoms with Gasteiger partial charge < -0.3 is 15.5 Å². The number of hydrogen-bond donors (Lipinski definition) is 3. The van der Waals surface area contributed by atoms with Gasteiger partial charge >= 0.3 is 0 Å². The van der Waals surface area contributed by atoms with Crippen LogP contribution in [0.15, 0.2) is 24.3 Å². The van der Waals surface area contributed by atoms with Crippen LogP contribution in [0, 0.1) is 5.92 Å². The fraction of sp³-hybridized carbons (Fsp3) is 0.462. The average molecular weight is 270 g/mol. The van der Waals surface area contributed by atoms with E-state index in [-0.39, 0.29) is 24.5 Å². The molecule has 1 aliphatic rings. The van der Waals surface area contributed by atoms with Gasteiger partial charge in [-0.25, -0.2) is 0 Å². The smallest absolute Gasteiger partial charge is 0.251 e. The molecule has 1 aliphatic carbocycles. The highest BCUT2D eigenvalue weighted by Gasteiger charge is 2.33. The predicted molar refractivity (Wildman–Crippen MR) is 68.5 cm³/mol. The molecule has 3 N–H and O–H groups in total. The van der Waals surface area contributed by atoms with E-state index in [1.165, 1.54) is 0 Å². The van der Waals surface area contributed by atoms with E-state index in [9.17, 15) is 9.90 Å². The van der Waals surface area contributed by atoms with E-state index < -0.39 is 6.10 Å². The van der Waals surface area contributed by atoms with Crippen LogP contribution in [0.1, 0.15) is 23.2 Å². The first-order chi connectivity index (χ1) is 8.60.